The second-order valence-corrected chi connectivity index (χ2v) is 4.40. The van der Waals surface area contributed by atoms with E-state index in [9.17, 15) is 18.0 Å². The highest BCUT2D eigenvalue weighted by atomic mass is 19.4. The van der Waals surface area contributed by atoms with Crippen molar-refractivity contribution in [1.82, 2.24) is 0 Å². The van der Waals surface area contributed by atoms with E-state index in [0.29, 0.717) is 0 Å². The van der Waals surface area contributed by atoms with E-state index >= 15 is 0 Å². The van der Waals surface area contributed by atoms with E-state index in [1.807, 2.05) is 0 Å². The van der Waals surface area contributed by atoms with Gasteiger partial charge in [-0.2, -0.15) is 13.2 Å². The number of carboxylic acid groups (broad SMARTS) is 1. The van der Waals surface area contributed by atoms with Gasteiger partial charge in [-0.1, -0.05) is 13.8 Å². The summed E-state index contributed by atoms with van der Waals surface area (Å²) in [5.41, 5.74) is -0.475. The van der Waals surface area contributed by atoms with Crippen molar-refractivity contribution in [1.29, 1.82) is 0 Å². The SMILES string of the molecule is CC1(C)C(CCC(F)(F)F)C1C(=O)O. The van der Waals surface area contributed by atoms with Crippen LogP contribution in [-0.4, -0.2) is 17.3 Å². The molecule has 0 aromatic carbocycles. The summed E-state index contributed by atoms with van der Waals surface area (Å²) in [4.78, 5) is 10.6. The van der Waals surface area contributed by atoms with Gasteiger partial charge in [-0.25, -0.2) is 0 Å². The number of carboxylic acids is 1. The normalized spacial score (nSPS) is 30.1. The molecule has 5 heteroatoms. The van der Waals surface area contributed by atoms with Crippen LogP contribution < -0.4 is 0 Å². The average molecular weight is 210 g/mol. The van der Waals surface area contributed by atoms with Crippen LogP contribution in [0.25, 0.3) is 0 Å². The van der Waals surface area contributed by atoms with Gasteiger partial charge in [-0.15, -0.1) is 0 Å². The zero-order chi connectivity index (χ0) is 11.1. The highest BCUT2D eigenvalue weighted by molar-refractivity contribution is 5.75. The van der Waals surface area contributed by atoms with Crippen molar-refractivity contribution in [2.24, 2.45) is 17.3 Å². The molecule has 2 atom stereocenters. The summed E-state index contributed by atoms with van der Waals surface area (Å²) in [7, 11) is 0. The van der Waals surface area contributed by atoms with E-state index in [0.717, 1.165) is 0 Å². The fraction of sp³-hybridized carbons (Fsp3) is 0.889. The molecule has 1 aliphatic carbocycles. The third-order valence-electron chi connectivity index (χ3n) is 3.06. The van der Waals surface area contributed by atoms with Crippen LogP contribution in [0.4, 0.5) is 13.2 Å². The Kier molecular flexibility index (Phi) is 2.54. The first-order chi connectivity index (χ1) is 6.16. The van der Waals surface area contributed by atoms with Crippen LogP contribution >= 0.6 is 0 Å². The van der Waals surface area contributed by atoms with Gasteiger partial charge in [0.25, 0.3) is 0 Å². The van der Waals surface area contributed by atoms with Crippen molar-refractivity contribution in [2.75, 3.05) is 0 Å². The molecule has 14 heavy (non-hydrogen) atoms. The second kappa shape index (κ2) is 3.14. The van der Waals surface area contributed by atoms with Crippen molar-refractivity contribution < 1.29 is 23.1 Å². The third kappa shape index (κ3) is 2.19. The van der Waals surface area contributed by atoms with E-state index in [1.165, 1.54) is 0 Å². The summed E-state index contributed by atoms with van der Waals surface area (Å²) in [5, 5.41) is 8.71. The Hall–Kier alpha value is -0.740. The molecule has 0 saturated heterocycles. The fourth-order valence-electron chi connectivity index (χ4n) is 2.09. The Morgan fingerprint density at radius 2 is 1.93 bits per heavy atom. The molecule has 1 rings (SSSR count). The van der Waals surface area contributed by atoms with E-state index in [2.05, 4.69) is 0 Å². The molecule has 1 saturated carbocycles. The molecule has 0 amide bonds. The number of alkyl halides is 3. The predicted molar refractivity (Wildman–Crippen MR) is 43.7 cm³/mol. The summed E-state index contributed by atoms with van der Waals surface area (Å²) in [6.45, 7) is 3.40. The molecule has 1 N–H and O–H groups in total. The molecule has 0 heterocycles. The lowest BCUT2D eigenvalue weighted by Crippen LogP contribution is -2.08. The smallest absolute Gasteiger partial charge is 0.389 e. The minimum atomic E-state index is -4.18. The average Bonchev–Trinajstić information content (AvgIpc) is 2.47. The molecule has 0 aromatic heterocycles. The summed E-state index contributed by atoms with van der Waals surface area (Å²) in [6, 6.07) is 0. The number of hydrogen-bond donors (Lipinski definition) is 1. The lowest BCUT2D eigenvalue weighted by molar-refractivity contribution is -0.142. The molecule has 0 radical (unpaired) electrons. The first-order valence-electron chi connectivity index (χ1n) is 4.46. The highest BCUT2D eigenvalue weighted by Gasteiger charge is 2.61. The van der Waals surface area contributed by atoms with Crippen LogP contribution in [0, 0.1) is 17.3 Å². The number of aliphatic carboxylic acids is 1. The van der Waals surface area contributed by atoms with E-state index < -0.39 is 29.9 Å². The van der Waals surface area contributed by atoms with Crippen LogP contribution in [0.5, 0.6) is 0 Å². The number of rotatable bonds is 3. The number of halogens is 3. The first-order valence-corrected chi connectivity index (χ1v) is 4.46. The van der Waals surface area contributed by atoms with Crippen molar-refractivity contribution in [2.45, 2.75) is 32.9 Å². The van der Waals surface area contributed by atoms with Gasteiger partial charge in [-0.05, 0) is 17.8 Å². The van der Waals surface area contributed by atoms with Crippen LogP contribution in [0.3, 0.4) is 0 Å². The molecule has 0 bridgehead atoms. The largest absolute Gasteiger partial charge is 0.481 e. The molecule has 0 spiro atoms. The third-order valence-corrected chi connectivity index (χ3v) is 3.06. The van der Waals surface area contributed by atoms with Gasteiger partial charge >= 0.3 is 12.1 Å². The maximum Gasteiger partial charge on any atom is 0.389 e. The molecule has 82 valence electrons. The lowest BCUT2D eigenvalue weighted by atomic mass is 10.1. The van der Waals surface area contributed by atoms with Crippen molar-refractivity contribution in [3.8, 4) is 0 Å². The van der Waals surface area contributed by atoms with Gasteiger partial charge in [-0.3, -0.25) is 4.79 Å². The van der Waals surface area contributed by atoms with Gasteiger partial charge in [0.05, 0.1) is 5.92 Å². The summed E-state index contributed by atoms with van der Waals surface area (Å²) >= 11 is 0. The topological polar surface area (TPSA) is 37.3 Å². The highest BCUT2D eigenvalue weighted by Crippen LogP contribution is 2.60. The maximum absolute atomic E-state index is 11.9. The minimum absolute atomic E-state index is 0.0759. The Balaban J connectivity index is 2.46. The Labute approximate surface area is 80.1 Å². The first kappa shape index (κ1) is 11.3. The molecule has 0 aromatic rings. The lowest BCUT2D eigenvalue weighted by Gasteiger charge is -2.05. The van der Waals surface area contributed by atoms with E-state index in [-0.39, 0.29) is 12.3 Å². The number of carbonyl (C=O) groups is 1. The van der Waals surface area contributed by atoms with Gasteiger partial charge < -0.3 is 5.11 Å². The van der Waals surface area contributed by atoms with Gasteiger partial charge in [0.2, 0.25) is 0 Å². The van der Waals surface area contributed by atoms with Crippen LogP contribution in [0.2, 0.25) is 0 Å². The van der Waals surface area contributed by atoms with Crippen molar-refractivity contribution >= 4 is 5.97 Å². The molecule has 2 unspecified atom stereocenters. The van der Waals surface area contributed by atoms with Crippen LogP contribution in [0.1, 0.15) is 26.7 Å². The molecular formula is C9H13F3O2. The zero-order valence-electron chi connectivity index (χ0n) is 8.06. The molecular weight excluding hydrogens is 197 g/mol. The Morgan fingerprint density at radius 3 is 2.21 bits per heavy atom. The second-order valence-electron chi connectivity index (χ2n) is 4.40. The van der Waals surface area contributed by atoms with Gasteiger partial charge in [0.1, 0.15) is 0 Å². The maximum atomic E-state index is 11.9. The summed E-state index contributed by atoms with van der Waals surface area (Å²) in [6.07, 6.45) is -5.14. The zero-order valence-corrected chi connectivity index (χ0v) is 8.06. The monoisotopic (exact) mass is 210 g/mol. The standard InChI is InChI=1S/C9H13F3O2/c1-8(2)5(6(8)7(13)14)3-4-9(10,11)12/h5-6H,3-4H2,1-2H3,(H,13,14). The molecule has 0 aliphatic heterocycles. The van der Waals surface area contributed by atoms with Crippen molar-refractivity contribution in [3.05, 3.63) is 0 Å². The van der Waals surface area contributed by atoms with Gasteiger partial charge in [0.15, 0.2) is 0 Å². The molecule has 1 aliphatic rings. The van der Waals surface area contributed by atoms with E-state index in [4.69, 9.17) is 5.11 Å². The number of hydrogen-bond acceptors (Lipinski definition) is 1. The fourth-order valence-corrected chi connectivity index (χ4v) is 2.09. The minimum Gasteiger partial charge on any atom is -0.481 e. The Bertz CT molecular complexity index is 245. The van der Waals surface area contributed by atoms with Crippen molar-refractivity contribution in [3.63, 3.8) is 0 Å². The summed E-state index contributed by atoms with van der Waals surface area (Å²) in [5.74, 6) is -1.92. The van der Waals surface area contributed by atoms with Crippen LogP contribution in [0.15, 0.2) is 0 Å². The quantitative estimate of drug-likeness (QED) is 0.777. The predicted octanol–water partition coefficient (Wildman–Crippen LogP) is 2.69. The van der Waals surface area contributed by atoms with Crippen LogP contribution in [-0.2, 0) is 4.79 Å². The van der Waals surface area contributed by atoms with Gasteiger partial charge in [0, 0.05) is 6.42 Å². The van der Waals surface area contributed by atoms with E-state index in [1.54, 1.807) is 13.8 Å². The molecule has 1 fully saturated rings. The Morgan fingerprint density at radius 1 is 1.43 bits per heavy atom. The molecule has 2 nitrogen and oxygen atoms in total. The summed E-state index contributed by atoms with van der Waals surface area (Å²) < 4.78 is 35.6.